The van der Waals surface area contributed by atoms with Gasteiger partial charge in [-0.15, -0.1) is 0 Å². The van der Waals surface area contributed by atoms with E-state index in [-0.39, 0.29) is 29.6 Å². The van der Waals surface area contributed by atoms with Crippen LogP contribution in [0.3, 0.4) is 0 Å². The molecule has 0 saturated carbocycles. The van der Waals surface area contributed by atoms with Crippen LogP contribution in [0.1, 0.15) is 61.3 Å². The minimum Gasteiger partial charge on any atom is -0.444 e. The van der Waals surface area contributed by atoms with Gasteiger partial charge >= 0.3 is 6.09 Å². The molecular formula is C23H29FN4O6. The van der Waals surface area contributed by atoms with Crippen LogP contribution in [-0.2, 0) is 14.3 Å². The maximum atomic E-state index is 15.0. The quantitative estimate of drug-likeness (QED) is 0.493. The number of ether oxygens (including phenoxy) is 1. The van der Waals surface area contributed by atoms with E-state index in [4.69, 9.17) is 4.74 Å². The number of anilines is 1. The summed E-state index contributed by atoms with van der Waals surface area (Å²) in [6, 6.07) is 1.15. The van der Waals surface area contributed by atoms with Gasteiger partial charge in [0.15, 0.2) is 0 Å². The average Bonchev–Trinajstić information content (AvgIpc) is 3.00. The Labute approximate surface area is 197 Å². The molecule has 1 saturated heterocycles. The van der Waals surface area contributed by atoms with Gasteiger partial charge in [-0.3, -0.25) is 29.4 Å². The Morgan fingerprint density at radius 2 is 1.71 bits per heavy atom. The molecule has 1 fully saturated rings. The third-order valence-electron chi connectivity index (χ3n) is 5.64. The summed E-state index contributed by atoms with van der Waals surface area (Å²) >= 11 is 0. The molecule has 1 aromatic carbocycles. The summed E-state index contributed by atoms with van der Waals surface area (Å²) in [5, 5.41) is 1.99. The highest BCUT2D eigenvalue weighted by molar-refractivity contribution is 6.23. The van der Waals surface area contributed by atoms with E-state index in [1.165, 1.54) is 11.0 Å². The second-order valence-corrected chi connectivity index (χ2v) is 9.21. The molecule has 34 heavy (non-hydrogen) atoms. The van der Waals surface area contributed by atoms with Gasteiger partial charge in [0.2, 0.25) is 12.3 Å². The summed E-state index contributed by atoms with van der Waals surface area (Å²) in [6.45, 7) is 8.31. The van der Waals surface area contributed by atoms with E-state index >= 15 is 4.39 Å². The molecule has 2 aliphatic heterocycles. The molecule has 11 heteroatoms. The normalized spacial score (nSPS) is 16.9. The fourth-order valence-electron chi connectivity index (χ4n) is 4.05. The van der Waals surface area contributed by atoms with E-state index in [2.05, 4.69) is 0 Å². The van der Waals surface area contributed by atoms with Crippen molar-refractivity contribution in [1.82, 2.24) is 15.1 Å². The lowest BCUT2D eigenvalue weighted by Gasteiger charge is -2.36. The van der Waals surface area contributed by atoms with Gasteiger partial charge in [0, 0.05) is 26.2 Å². The molecule has 0 aliphatic carbocycles. The number of imide groups is 2. The fraction of sp³-hybridized carbons (Fsp3) is 0.522. The van der Waals surface area contributed by atoms with Crippen LogP contribution in [0.4, 0.5) is 14.9 Å². The largest absolute Gasteiger partial charge is 0.444 e. The smallest absolute Gasteiger partial charge is 0.410 e. The van der Waals surface area contributed by atoms with Gasteiger partial charge in [-0.1, -0.05) is 13.3 Å². The van der Waals surface area contributed by atoms with Crippen LogP contribution in [0.2, 0.25) is 0 Å². The van der Waals surface area contributed by atoms with E-state index in [1.807, 2.05) is 5.32 Å². The van der Waals surface area contributed by atoms with Crippen molar-refractivity contribution in [2.75, 3.05) is 31.1 Å². The summed E-state index contributed by atoms with van der Waals surface area (Å²) < 4.78 is 20.4. The fourth-order valence-corrected chi connectivity index (χ4v) is 4.05. The highest BCUT2D eigenvalue weighted by Crippen LogP contribution is 2.32. The predicted octanol–water partition coefficient (Wildman–Crippen LogP) is 1.92. The molecule has 0 radical (unpaired) electrons. The van der Waals surface area contributed by atoms with Crippen LogP contribution in [0.25, 0.3) is 0 Å². The van der Waals surface area contributed by atoms with E-state index < -0.39 is 41.3 Å². The number of hydrogen-bond donors (Lipinski definition) is 1. The molecule has 0 bridgehead atoms. The molecular weight excluding hydrogens is 447 g/mol. The molecule has 1 aromatic rings. The van der Waals surface area contributed by atoms with Crippen LogP contribution >= 0.6 is 0 Å². The number of halogens is 1. The predicted molar refractivity (Wildman–Crippen MR) is 120 cm³/mol. The molecule has 5 amide bonds. The number of rotatable bonds is 6. The van der Waals surface area contributed by atoms with E-state index in [9.17, 15) is 24.0 Å². The minimum atomic E-state index is -1.17. The third-order valence-corrected chi connectivity index (χ3v) is 5.64. The lowest BCUT2D eigenvalue weighted by Crippen LogP contribution is -2.50. The Kier molecular flexibility index (Phi) is 7.23. The van der Waals surface area contributed by atoms with Crippen molar-refractivity contribution in [3.63, 3.8) is 0 Å². The Morgan fingerprint density at radius 1 is 1.12 bits per heavy atom. The number of carbonyl (C=O) groups is 5. The van der Waals surface area contributed by atoms with Crippen molar-refractivity contribution in [2.45, 2.75) is 52.2 Å². The van der Waals surface area contributed by atoms with Crippen molar-refractivity contribution in [3.8, 4) is 0 Å². The summed E-state index contributed by atoms with van der Waals surface area (Å²) in [5.41, 5.74) is -0.623. The lowest BCUT2D eigenvalue weighted by molar-refractivity contribution is -0.128. The van der Waals surface area contributed by atoms with Gasteiger partial charge in [-0.2, -0.15) is 0 Å². The van der Waals surface area contributed by atoms with Crippen LogP contribution in [0, 0.1) is 5.82 Å². The van der Waals surface area contributed by atoms with Crippen molar-refractivity contribution >= 4 is 35.9 Å². The van der Waals surface area contributed by atoms with Gasteiger partial charge in [0.05, 0.1) is 16.8 Å². The van der Waals surface area contributed by atoms with Crippen LogP contribution < -0.4 is 10.2 Å². The summed E-state index contributed by atoms with van der Waals surface area (Å²) in [6.07, 6.45) is 0.380. The SMILES string of the molecule is CCCC(C(=O)NC=O)N1C(=O)c2cc(F)c(N3CCN(C(=O)OC(C)(C)C)CC3)cc2C1=O. The van der Waals surface area contributed by atoms with Crippen LogP contribution in [0.15, 0.2) is 12.1 Å². The van der Waals surface area contributed by atoms with Gasteiger partial charge in [0.25, 0.3) is 11.8 Å². The number of piperazine rings is 1. The number of carbonyl (C=O) groups excluding carboxylic acids is 5. The zero-order valence-electron chi connectivity index (χ0n) is 19.7. The summed E-state index contributed by atoms with van der Waals surface area (Å²) in [4.78, 5) is 65.3. The molecule has 1 unspecified atom stereocenters. The monoisotopic (exact) mass is 476 g/mol. The third kappa shape index (κ3) is 5.02. The maximum absolute atomic E-state index is 15.0. The average molecular weight is 477 g/mol. The molecule has 184 valence electrons. The van der Waals surface area contributed by atoms with E-state index in [0.29, 0.717) is 32.6 Å². The first-order valence-electron chi connectivity index (χ1n) is 11.2. The second kappa shape index (κ2) is 9.78. The number of fused-ring (bicyclic) bond motifs is 1. The molecule has 0 spiro atoms. The van der Waals surface area contributed by atoms with E-state index in [0.717, 1.165) is 11.0 Å². The molecule has 1 N–H and O–H groups in total. The van der Waals surface area contributed by atoms with Crippen LogP contribution in [0.5, 0.6) is 0 Å². The first-order valence-corrected chi connectivity index (χ1v) is 11.2. The molecule has 1 atom stereocenters. The highest BCUT2D eigenvalue weighted by atomic mass is 19.1. The molecule has 10 nitrogen and oxygen atoms in total. The Balaban J connectivity index is 1.80. The Morgan fingerprint density at radius 3 is 2.24 bits per heavy atom. The van der Waals surface area contributed by atoms with Gasteiger partial charge in [-0.05, 0) is 39.3 Å². The summed E-state index contributed by atoms with van der Waals surface area (Å²) in [5.74, 6) is -2.95. The first kappa shape index (κ1) is 25.1. The maximum Gasteiger partial charge on any atom is 0.410 e. The molecule has 2 heterocycles. The molecule has 0 aromatic heterocycles. The minimum absolute atomic E-state index is 0.00372. The van der Waals surface area contributed by atoms with Gasteiger partial charge in [0.1, 0.15) is 17.5 Å². The van der Waals surface area contributed by atoms with Gasteiger partial charge in [-0.25, -0.2) is 9.18 Å². The Hall–Kier alpha value is -3.50. The highest BCUT2D eigenvalue weighted by Gasteiger charge is 2.43. The zero-order chi connectivity index (χ0) is 25.2. The van der Waals surface area contributed by atoms with Crippen molar-refractivity contribution in [3.05, 3.63) is 29.1 Å². The van der Waals surface area contributed by atoms with Crippen molar-refractivity contribution in [1.29, 1.82) is 0 Å². The molecule has 3 rings (SSSR count). The van der Waals surface area contributed by atoms with Crippen molar-refractivity contribution < 1.29 is 33.1 Å². The second-order valence-electron chi connectivity index (χ2n) is 9.21. The number of nitrogens with zero attached hydrogens (tertiary/aromatic N) is 3. The zero-order valence-corrected chi connectivity index (χ0v) is 19.7. The lowest BCUT2D eigenvalue weighted by atomic mass is 10.1. The number of nitrogens with one attached hydrogen (secondary N) is 1. The summed E-state index contributed by atoms with van der Waals surface area (Å²) in [7, 11) is 0. The number of benzene rings is 1. The molecule has 2 aliphatic rings. The standard InChI is InChI=1S/C23H29FN4O6/c1-5-6-17(19(30)25-13-29)28-20(31)14-11-16(24)18(12-15(14)21(28)32)26-7-9-27(10-8-26)22(33)34-23(2,3)4/h11-13,17H,5-10H2,1-4H3,(H,25,29,30). The topological polar surface area (TPSA) is 116 Å². The van der Waals surface area contributed by atoms with Crippen molar-refractivity contribution in [2.24, 2.45) is 0 Å². The van der Waals surface area contributed by atoms with Gasteiger partial charge < -0.3 is 14.5 Å². The number of hydrogen-bond acceptors (Lipinski definition) is 7. The van der Waals surface area contributed by atoms with E-state index in [1.54, 1.807) is 32.6 Å². The first-order chi connectivity index (χ1) is 16.0. The number of amides is 5. The van der Waals surface area contributed by atoms with Crippen LogP contribution in [-0.4, -0.2) is 77.8 Å². The Bertz CT molecular complexity index is 1010.